The molecular weight excluding hydrogens is 484 g/mol. The second kappa shape index (κ2) is 11.2. The molecule has 0 unspecified atom stereocenters. The number of ether oxygens (including phenoxy) is 1. The van der Waals surface area contributed by atoms with E-state index in [1.54, 1.807) is 66.9 Å². The zero-order valence-corrected chi connectivity index (χ0v) is 20.3. The van der Waals surface area contributed by atoms with Gasteiger partial charge in [-0.15, -0.1) is 10.2 Å². The van der Waals surface area contributed by atoms with Gasteiger partial charge in [-0.05, 0) is 53.7 Å². The number of nitrogens with one attached hydrogen (secondary N) is 2. The van der Waals surface area contributed by atoms with Crippen LogP contribution in [0.25, 0.3) is 11.0 Å². The molecule has 4 N–H and O–H groups in total. The van der Waals surface area contributed by atoms with E-state index in [1.807, 2.05) is 18.2 Å². The molecule has 0 aliphatic rings. The number of amides is 2. The van der Waals surface area contributed by atoms with Gasteiger partial charge >= 0.3 is 0 Å². The Labute approximate surface area is 217 Å². The molecule has 0 atom stereocenters. The molecule has 190 valence electrons. The monoisotopic (exact) mass is 508 g/mol. The molecule has 0 radical (unpaired) electrons. The third-order valence-electron chi connectivity index (χ3n) is 5.76. The van der Waals surface area contributed by atoms with Gasteiger partial charge in [0, 0.05) is 22.9 Å². The zero-order chi connectivity index (χ0) is 26.3. The normalized spacial score (nSPS) is 10.7. The maximum atomic E-state index is 12.6. The number of nitrogens with zero attached hydrogens (tertiary/aromatic N) is 3. The molecule has 5 rings (SSSR count). The van der Waals surface area contributed by atoms with Gasteiger partial charge in [0.05, 0.1) is 29.8 Å². The molecule has 10 nitrogen and oxygen atoms in total. The van der Waals surface area contributed by atoms with Crippen LogP contribution in [0.5, 0.6) is 5.75 Å². The fourth-order valence-corrected chi connectivity index (χ4v) is 3.86. The highest BCUT2D eigenvalue weighted by Crippen LogP contribution is 2.25. The van der Waals surface area contributed by atoms with Crippen LogP contribution < -0.4 is 21.1 Å². The Morgan fingerprint density at radius 2 is 1.79 bits per heavy atom. The Bertz CT molecular complexity index is 1570. The highest BCUT2D eigenvalue weighted by molar-refractivity contribution is 6.05. The largest absolute Gasteiger partial charge is 0.492 e. The first kappa shape index (κ1) is 24.4. The molecule has 2 amide bonds. The summed E-state index contributed by atoms with van der Waals surface area (Å²) in [6.07, 6.45) is 2.09. The number of carbonyl (C=O) groups excluding carboxylic acids is 2. The summed E-state index contributed by atoms with van der Waals surface area (Å²) in [6.45, 7) is 0.509. The van der Waals surface area contributed by atoms with E-state index >= 15 is 0 Å². The average molecular weight is 509 g/mol. The van der Waals surface area contributed by atoms with Crippen LogP contribution in [-0.2, 0) is 6.42 Å². The molecule has 0 saturated carbocycles. The van der Waals surface area contributed by atoms with E-state index in [-0.39, 0.29) is 30.7 Å². The number of nitrogens with two attached hydrogens (primary N) is 1. The lowest BCUT2D eigenvalue weighted by Crippen LogP contribution is -2.27. The molecule has 38 heavy (non-hydrogen) atoms. The summed E-state index contributed by atoms with van der Waals surface area (Å²) in [5.41, 5.74) is 9.67. The van der Waals surface area contributed by atoms with E-state index in [2.05, 4.69) is 26.0 Å². The van der Waals surface area contributed by atoms with Crippen molar-refractivity contribution in [1.29, 1.82) is 0 Å². The topological polar surface area (TPSA) is 145 Å². The van der Waals surface area contributed by atoms with Crippen LogP contribution in [0.2, 0.25) is 0 Å². The van der Waals surface area contributed by atoms with Crippen molar-refractivity contribution in [1.82, 2.24) is 20.7 Å². The number of benzene rings is 3. The van der Waals surface area contributed by atoms with Gasteiger partial charge < -0.3 is 25.5 Å². The Kier molecular flexibility index (Phi) is 7.21. The van der Waals surface area contributed by atoms with Crippen molar-refractivity contribution < 1.29 is 18.7 Å². The van der Waals surface area contributed by atoms with Crippen LogP contribution in [0.4, 0.5) is 11.4 Å². The molecule has 0 aliphatic carbocycles. The van der Waals surface area contributed by atoms with Crippen LogP contribution in [0.1, 0.15) is 32.2 Å². The first-order valence-corrected chi connectivity index (χ1v) is 11.9. The maximum Gasteiger partial charge on any atom is 0.287 e. The third kappa shape index (κ3) is 5.76. The minimum atomic E-state index is -0.341. The quantitative estimate of drug-likeness (QED) is 0.201. The van der Waals surface area contributed by atoms with Gasteiger partial charge in [-0.25, -0.2) is 0 Å². The van der Waals surface area contributed by atoms with E-state index in [9.17, 15) is 9.59 Å². The molecule has 0 fully saturated rings. The smallest absolute Gasteiger partial charge is 0.287 e. The minimum Gasteiger partial charge on any atom is -0.492 e. The van der Waals surface area contributed by atoms with Crippen molar-refractivity contribution in [2.45, 2.75) is 6.42 Å². The van der Waals surface area contributed by atoms with E-state index in [1.165, 1.54) is 0 Å². The van der Waals surface area contributed by atoms with Gasteiger partial charge in [-0.2, -0.15) is 0 Å². The number of hydrogen-bond acceptors (Lipinski definition) is 8. The van der Waals surface area contributed by atoms with Gasteiger partial charge in [0.1, 0.15) is 17.9 Å². The highest BCUT2D eigenvalue weighted by atomic mass is 16.5. The van der Waals surface area contributed by atoms with Crippen LogP contribution in [0.15, 0.2) is 89.5 Å². The van der Waals surface area contributed by atoms with Gasteiger partial charge in [0.15, 0.2) is 5.76 Å². The number of furan rings is 1. The van der Waals surface area contributed by atoms with E-state index in [4.69, 9.17) is 14.9 Å². The summed E-state index contributed by atoms with van der Waals surface area (Å²) < 4.78 is 11.6. The standard InChI is InChI=1S/C28H24N6O4/c29-23-6-1-2-7-24(23)32-27(35)18-8-10-22(11-9-18)37-15-14-30-28(36)25-17-20-5-3-4-19(26(20)38-25)16-21-12-13-31-34-33-21/h1-13,17H,14-16,29H2,(H,30,36)(H,32,35). The van der Waals surface area contributed by atoms with Crippen LogP contribution in [0, 0.1) is 0 Å². The zero-order valence-electron chi connectivity index (χ0n) is 20.3. The van der Waals surface area contributed by atoms with E-state index < -0.39 is 0 Å². The Morgan fingerprint density at radius 1 is 0.947 bits per heavy atom. The number of fused-ring (bicyclic) bond motifs is 1. The second-order valence-electron chi connectivity index (χ2n) is 8.41. The number of hydrogen-bond donors (Lipinski definition) is 3. The summed E-state index contributed by atoms with van der Waals surface area (Å²) >= 11 is 0. The Balaban J connectivity index is 1.12. The number of para-hydroxylation sites is 3. The number of rotatable bonds is 9. The molecule has 5 aromatic rings. The number of aromatic nitrogens is 3. The lowest BCUT2D eigenvalue weighted by atomic mass is 10.1. The van der Waals surface area contributed by atoms with Crippen molar-refractivity contribution >= 4 is 34.2 Å². The fourth-order valence-electron chi connectivity index (χ4n) is 3.86. The lowest BCUT2D eigenvalue weighted by molar-refractivity contribution is 0.0920. The van der Waals surface area contributed by atoms with Gasteiger partial charge in [0.25, 0.3) is 11.8 Å². The summed E-state index contributed by atoms with van der Waals surface area (Å²) in [7, 11) is 0. The molecule has 2 heterocycles. The molecule has 2 aromatic heterocycles. The summed E-state index contributed by atoms with van der Waals surface area (Å²) in [6, 6.07) is 23.0. The highest BCUT2D eigenvalue weighted by Gasteiger charge is 2.15. The summed E-state index contributed by atoms with van der Waals surface area (Å²) in [5.74, 6) is 0.168. The third-order valence-corrected chi connectivity index (χ3v) is 5.76. The first-order chi connectivity index (χ1) is 18.6. The average Bonchev–Trinajstić information content (AvgIpc) is 3.39. The number of nitrogen functional groups attached to an aromatic ring is 1. The van der Waals surface area contributed by atoms with Gasteiger partial charge in [-0.3, -0.25) is 9.59 Å². The maximum absolute atomic E-state index is 12.6. The number of carbonyl (C=O) groups is 2. The van der Waals surface area contributed by atoms with Crippen molar-refractivity contribution in [3.63, 3.8) is 0 Å². The van der Waals surface area contributed by atoms with Crippen LogP contribution in [0.3, 0.4) is 0 Å². The summed E-state index contributed by atoms with van der Waals surface area (Å²) in [4.78, 5) is 25.1. The molecule has 0 spiro atoms. The van der Waals surface area contributed by atoms with Crippen LogP contribution in [-0.4, -0.2) is 40.4 Å². The van der Waals surface area contributed by atoms with Gasteiger partial charge in [-0.1, -0.05) is 30.3 Å². The second-order valence-corrected chi connectivity index (χ2v) is 8.41. The SMILES string of the molecule is Nc1ccccc1NC(=O)c1ccc(OCCNC(=O)c2cc3cccc(Cc4ccnnn4)c3o2)cc1. The molecular formula is C28H24N6O4. The van der Waals surface area contributed by atoms with Crippen LogP contribution >= 0.6 is 0 Å². The lowest BCUT2D eigenvalue weighted by Gasteiger charge is -2.09. The van der Waals surface area contributed by atoms with Crippen molar-refractivity contribution in [2.75, 3.05) is 24.2 Å². The molecule has 0 aliphatic heterocycles. The Morgan fingerprint density at radius 3 is 2.58 bits per heavy atom. The molecule has 0 saturated heterocycles. The molecule has 3 aromatic carbocycles. The van der Waals surface area contributed by atoms with Gasteiger partial charge in [0.2, 0.25) is 0 Å². The predicted molar refractivity (Wildman–Crippen MR) is 142 cm³/mol. The van der Waals surface area contributed by atoms with Crippen molar-refractivity contribution in [3.8, 4) is 5.75 Å². The number of anilines is 2. The molecule has 0 bridgehead atoms. The Hall–Kier alpha value is -5.25. The first-order valence-electron chi connectivity index (χ1n) is 11.9. The fraction of sp³-hybridized carbons (Fsp3) is 0.107. The van der Waals surface area contributed by atoms with E-state index in [0.717, 1.165) is 16.6 Å². The van der Waals surface area contributed by atoms with Crippen molar-refractivity contribution in [2.24, 2.45) is 0 Å². The minimum absolute atomic E-state index is 0.211. The van der Waals surface area contributed by atoms with E-state index in [0.29, 0.717) is 34.7 Å². The molecule has 10 heteroatoms. The summed E-state index contributed by atoms with van der Waals surface area (Å²) in [5, 5.41) is 17.8. The van der Waals surface area contributed by atoms with Crippen molar-refractivity contribution in [3.05, 3.63) is 108 Å². The predicted octanol–water partition coefficient (Wildman–Crippen LogP) is 3.85.